The van der Waals surface area contributed by atoms with Gasteiger partial charge in [0.2, 0.25) is 0 Å². The average molecular weight is 310 g/mol. The molecule has 106 valence electrons. The number of pyridine rings is 1. The molecule has 1 unspecified atom stereocenters. The standard InChI is InChI=1S/C14H16ClN3OS/c1-19-11-6-10(7-17-8-11)13(18-16)9-20-14-5-3-2-4-12(14)15/h2-8,13,18H,9,16H2,1H3. The molecular weight excluding hydrogens is 294 g/mol. The molecule has 1 atom stereocenters. The molecule has 0 spiro atoms. The fourth-order valence-corrected chi connectivity index (χ4v) is 3.03. The molecule has 6 heteroatoms. The van der Waals surface area contributed by atoms with E-state index in [0.29, 0.717) is 5.75 Å². The van der Waals surface area contributed by atoms with Crippen molar-refractivity contribution in [3.05, 3.63) is 53.3 Å². The van der Waals surface area contributed by atoms with Crippen molar-refractivity contribution in [2.75, 3.05) is 12.9 Å². The van der Waals surface area contributed by atoms with Crippen LogP contribution < -0.4 is 16.0 Å². The molecule has 4 nitrogen and oxygen atoms in total. The summed E-state index contributed by atoms with van der Waals surface area (Å²) in [6.45, 7) is 0. The second-order valence-electron chi connectivity index (χ2n) is 4.12. The predicted octanol–water partition coefficient (Wildman–Crippen LogP) is 3.04. The fourth-order valence-electron chi connectivity index (χ4n) is 1.71. The molecule has 0 saturated heterocycles. The molecular formula is C14H16ClN3OS. The zero-order valence-electron chi connectivity index (χ0n) is 11.0. The topological polar surface area (TPSA) is 60.2 Å². The van der Waals surface area contributed by atoms with E-state index in [0.717, 1.165) is 21.2 Å². The van der Waals surface area contributed by atoms with Crippen LogP contribution in [-0.4, -0.2) is 17.8 Å². The molecule has 1 heterocycles. The summed E-state index contributed by atoms with van der Waals surface area (Å²) in [5.74, 6) is 7.09. The Kier molecular flexibility index (Phi) is 5.67. The molecule has 2 aromatic rings. The zero-order chi connectivity index (χ0) is 14.4. The Labute approximate surface area is 127 Å². The van der Waals surface area contributed by atoms with E-state index in [1.165, 1.54) is 0 Å². The summed E-state index contributed by atoms with van der Waals surface area (Å²) in [5.41, 5.74) is 3.78. The van der Waals surface area contributed by atoms with Crippen molar-refractivity contribution in [1.29, 1.82) is 0 Å². The van der Waals surface area contributed by atoms with Crippen molar-refractivity contribution in [3.8, 4) is 5.75 Å². The smallest absolute Gasteiger partial charge is 0.137 e. The van der Waals surface area contributed by atoms with Crippen LogP contribution in [0.1, 0.15) is 11.6 Å². The SMILES string of the molecule is COc1cncc(C(CSc2ccccc2Cl)NN)c1. The highest BCUT2D eigenvalue weighted by Gasteiger charge is 2.12. The van der Waals surface area contributed by atoms with E-state index in [-0.39, 0.29) is 6.04 Å². The molecule has 0 aliphatic carbocycles. The van der Waals surface area contributed by atoms with Gasteiger partial charge in [0.25, 0.3) is 0 Å². The highest BCUT2D eigenvalue weighted by Crippen LogP contribution is 2.30. The number of hydrogen-bond acceptors (Lipinski definition) is 5. The van der Waals surface area contributed by atoms with Crippen molar-refractivity contribution in [1.82, 2.24) is 10.4 Å². The lowest BCUT2D eigenvalue weighted by Crippen LogP contribution is -2.29. The van der Waals surface area contributed by atoms with Crippen LogP contribution in [0.2, 0.25) is 5.02 Å². The number of aromatic nitrogens is 1. The normalized spacial score (nSPS) is 12.2. The van der Waals surface area contributed by atoms with Crippen LogP contribution in [0, 0.1) is 0 Å². The van der Waals surface area contributed by atoms with Crippen LogP contribution in [0.4, 0.5) is 0 Å². The van der Waals surface area contributed by atoms with Gasteiger partial charge < -0.3 is 4.74 Å². The van der Waals surface area contributed by atoms with E-state index in [2.05, 4.69) is 10.4 Å². The van der Waals surface area contributed by atoms with Crippen molar-refractivity contribution in [3.63, 3.8) is 0 Å². The predicted molar refractivity (Wildman–Crippen MR) is 83.0 cm³/mol. The fraction of sp³-hybridized carbons (Fsp3) is 0.214. The number of methoxy groups -OCH3 is 1. The van der Waals surface area contributed by atoms with Gasteiger partial charge in [0.15, 0.2) is 0 Å². The summed E-state index contributed by atoms with van der Waals surface area (Å²) < 4.78 is 5.17. The van der Waals surface area contributed by atoms with Gasteiger partial charge in [0.05, 0.1) is 24.4 Å². The lowest BCUT2D eigenvalue weighted by molar-refractivity contribution is 0.411. The first-order valence-corrected chi connectivity index (χ1v) is 7.43. The van der Waals surface area contributed by atoms with Crippen LogP contribution in [0.5, 0.6) is 5.75 Å². The van der Waals surface area contributed by atoms with E-state index in [4.69, 9.17) is 22.2 Å². The van der Waals surface area contributed by atoms with Crippen molar-refractivity contribution >= 4 is 23.4 Å². The summed E-state index contributed by atoms with van der Waals surface area (Å²) >= 11 is 7.78. The van der Waals surface area contributed by atoms with E-state index in [1.54, 1.807) is 31.3 Å². The minimum Gasteiger partial charge on any atom is -0.495 e. The molecule has 20 heavy (non-hydrogen) atoms. The molecule has 0 aliphatic rings. The van der Waals surface area contributed by atoms with Gasteiger partial charge in [-0.1, -0.05) is 23.7 Å². The lowest BCUT2D eigenvalue weighted by Gasteiger charge is -2.16. The van der Waals surface area contributed by atoms with Crippen molar-refractivity contribution < 1.29 is 4.74 Å². The zero-order valence-corrected chi connectivity index (χ0v) is 12.6. The quantitative estimate of drug-likeness (QED) is 0.488. The maximum Gasteiger partial charge on any atom is 0.137 e. The van der Waals surface area contributed by atoms with Crippen LogP contribution in [-0.2, 0) is 0 Å². The van der Waals surface area contributed by atoms with E-state index in [1.807, 2.05) is 30.3 Å². The van der Waals surface area contributed by atoms with Crippen molar-refractivity contribution in [2.45, 2.75) is 10.9 Å². The van der Waals surface area contributed by atoms with Gasteiger partial charge in [0, 0.05) is 16.8 Å². The summed E-state index contributed by atoms with van der Waals surface area (Å²) in [5, 5.41) is 0.747. The Balaban J connectivity index is 2.07. The maximum atomic E-state index is 6.14. The molecule has 0 amide bonds. The molecule has 1 aromatic carbocycles. The number of nitrogens with zero attached hydrogens (tertiary/aromatic N) is 1. The molecule has 0 radical (unpaired) electrons. The monoisotopic (exact) mass is 309 g/mol. The number of halogens is 1. The second kappa shape index (κ2) is 7.50. The number of hydrazine groups is 1. The number of benzene rings is 1. The van der Waals surface area contributed by atoms with E-state index >= 15 is 0 Å². The van der Waals surface area contributed by atoms with Crippen molar-refractivity contribution in [2.24, 2.45) is 5.84 Å². The largest absolute Gasteiger partial charge is 0.495 e. The molecule has 0 bridgehead atoms. The summed E-state index contributed by atoms with van der Waals surface area (Å²) in [6, 6.07) is 9.64. The lowest BCUT2D eigenvalue weighted by atomic mass is 10.1. The Morgan fingerprint density at radius 1 is 1.40 bits per heavy atom. The van der Waals surface area contributed by atoms with Crippen LogP contribution in [0.25, 0.3) is 0 Å². The van der Waals surface area contributed by atoms with Gasteiger partial charge >= 0.3 is 0 Å². The first-order valence-electron chi connectivity index (χ1n) is 6.07. The number of ether oxygens (including phenoxy) is 1. The highest BCUT2D eigenvalue weighted by atomic mass is 35.5. The number of rotatable bonds is 6. The van der Waals surface area contributed by atoms with Gasteiger partial charge in [-0.25, -0.2) is 0 Å². The van der Waals surface area contributed by atoms with Gasteiger partial charge in [-0.15, -0.1) is 11.8 Å². The third-order valence-electron chi connectivity index (χ3n) is 2.82. The molecule has 2 rings (SSSR count). The minimum atomic E-state index is -0.0288. The van der Waals surface area contributed by atoms with Gasteiger partial charge in [-0.3, -0.25) is 16.3 Å². The Morgan fingerprint density at radius 2 is 2.20 bits per heavy atom. The van der Waals surface area contributed by atoms with E-state index in [9.17, 15) is 0 Å². The molecule has 0 aliphatic heterocycles. The van der Waals surface area contributed by atoms with Crippen LogP contribution in [0.3, 0.4) is 0 Å². The van der Waals surface area contributed by atoms with Crippen LogP contribution >= 0.6 is 23.4 Å². The third-order valence-corrected chi connectivity index (χ3v) is 4.42. The minimum absolute atomic E-state index is 0.0288. The Bertz CT molecular complexity index is 568. The van der Waals surface area contributed by atoms with E-state index < -0.39 is 0 Å². The van der Waals surface area contributed by atoms with Gasteiger partial charge in [-0.2, -0.15) is 0 Å². The number of nitrogens with two attached hydrogens (primary N) is 1. The second-order valence-corrected chi connectivity index (χ2v) is 5.59. The summed E-state index contributed by atoms with van der Waals surface area (Å²) in [4.78, 5) is 5.17. The molecule has 0 fully saturated rings. The number of hydrogen-bond donors (Lipinski definition) is 2. The van der Waals surface area contributed by atoms with Crippen LogP contribution in [0.15, 0.2) is 47.6 Å². The maximum absolute atomic E-state index is 6.14. The average Bonchev–Trinajstić information content (AvgIpc) is 2.50. The molecule has 1 aromatic heterocycles. The molecule has 0 saturated carbocycles. The summed E-state index contributed by atoms with van der Waals surface area (Å²) in [7, 11) is 1.62. The Morgan fingerprint density at radius 3 is 2.90 bits per heavy atom. The first-order chi connectivity index (χ1) is 9.74. The first kappa shape index (κ1) is 15.1. The van der Waals surface area contributed by atoms with Gasteiger partial charge in [-0.05, 0) is 23.8 Å². The number of nitrogens with one attached hydrogen (secondary N) is 1. The highest BCUT2D eigenvalue weighted by molar-refractivity contribution is 7.99. The Hall–Kier alpha value is -1.27. The molecule has 3 N–H and O–H groups in total. The third kappa shape index (κ3) is 3.86. The van der Waals surface area contributed by atoms with Gasteiger partial charge in [0.1, 0.15) is 5.75 Å². The summed E-state index contributed by atoms with van der Waals surface area (Å²) in [6.07, 6.45) is 3.44. The number of thioether (sulfide) groups is 1.